The van der Waals surface area contributed by atoms with Crippen LogP contribution in [0.2, 0.25) is 0 Å². The van der Waals surface area contributed by atoms with Gasteiger partial charge in [0.2, 0.25) is 11.8 Å². The van der Waals surface area contributed by atoms with Crippen LogP contribution in [0.15, 0.2) is 23.9 Å². The highest BCUT2D eigenvalue weighted by molar-refractivity contribution is 5.98. The van der Waals surface area contributed by atoms with E-state index in [1.165, 1.54) is 25.0 Å². The Morgan fingerprint density at radius 2 is 1.76 bits per heavy atom. The second-order valence-electron chi connectivity index (χ2n) is 7.22. The highest BCUT2D eigenvalue weighted by atomic mass is 16.1. The summed E-state index contributed by atoms with van der Waals surface area (Å²) in [6.45, 7) is 3.33. The molecule has 0 spiro atoms. The number of unbranched alkanes of at least 4 members (excludes halogenated alkanes) is 5. The molecule has 0 saturated heterocycles. The average molecular weight is 403 g/mol. The fraction of sp³-hybridized carbons (Fsp3) is 0.545. The van der Waals surface area contributed by atoms with Gasteiger partial charge in [0.05, 0.1) is 0 Å². The number of nitrogens with two attached hydrogens (primary N) is 3. The summed E-state index contributed by atoms with van der Waals surface area (Å²) in [5.41, 5.74) is 18.0. The molecular weight excluding hydrogens is 368 g/mol. The molecule has 0 aromatic heterocycles. The Morgan fingerprint density at radius 1 is 1.03 bits per heavy atom. The molecule has 160 valence electrons. The molecule has 0 radical (unpaired) electrons. The number of amides is 2. The minimum Gasteiger partial charge on any atom is -0.379 e. The monoisotopic (exact) mass is 402 g/mol. The van der Waals surface area contributed by atoms with E-state index in [0.717, 1.165) is 32.1 Å². The molecule has 0 aliphatic rings. The molecule has 1 atom stereocenters. The van der Waals surface area contributed by atoms with E-state index in [1.54, 1.807) is 6.07 Å². The van der Waals surface area contributed by atoms with Crippen LogP contribution in [0.1, 0.15) is 90.5 Å². The molecule has 0 bridgehead atoms. The lowest BCUT2D eigenvalue weighted by Gasteiger charge is -2.22. The lowest BCUT2D eigenvalue weighted by atomic mass is 9.86. The Bertz CT molecular complexity index is 727. The molecule has 7 nitrogen and oxygen atoms in total. The SMILES string of the molecule is CCCCCCCNC(=C=O)C(CCCCN)c1cc(C(N)=O)ccc1C(N)=O. The Morgan fingerprint density at radius 3 is 2.34 bits per heavy atom. The van der Waals surface area contributed by atoms with Crippen molar-refractivity contribution < 1.29 is 14.4 Å². The van der Waals surface area contributed by atoms with Crippen LogP contribution < -0.4 is 22.5 Å². The van der Waals surface area contributed by atoms with Crippen LogP contribution in [0.5, 0.6) is 0 Å². The van der Waals surface area contributed by atoms with Crippen LogP contribution in [0.25, 0.3) is 0 Å². The fourth-order valence-corrected chi connectivity index (χ4v) is 3.36. The molecule has 1 aromatic rings. The van der Waals surface area contributed by atoms with Crippen molar-refractivity contribution in [2.75, 3.05) is 13.1 Å². The van der Waals surface area contributed by atoms with Crippen molar-refractivity contribution in [3.05, 3.63) is 40.6 Å². The van der Waals surface area contributed by atoms with Crippen LogP contribution in [-0.2, 0) is 4.79 Å². The Balaban J connectivity index is 3.12. The molecule has 0 aliphatic heterocycles. The van der Waals surface area contributed by atoms with E-state index >= 15 is 0 Å². The van der Waals surface area contributed by atoms with Crippen molar-refractivity contribution in [3.63, 3.8) is 0 Å². The number of rotatable bonds is 15. The van der Waals surface area contributed by atoms with Crippen LogP contribution in [-0.4, -0.2) is 30.8 Å². The maximum atomic E-state index is 12.0. The molecule has 1 unspecified atom stereocenters. The van der Waals surface area contributed by atoms with E-state index in [4.69, 9.17) is 17.2 Å². The Hall–Kier alpha value is -2.63. The van der Waals surface area contributed by atoms with Crippen LogP contribution in [0.4, 0.5) is 0 Å². The second-order valence-corrected chi connectivity index (χ2v) is 7.22. The Labute approximate surface area is 173 Å². The number of nitrogens with one attached hydrogen (secondary N) is 1. The number of benzene rings is 1. The minimum atomic E-state index is -0.621. The maximum Gasteiger partial charge on any atom is 0.249 e. The van der Waals surface area contributed by atoms with Crippen molar-refractivity contribution in [2.24, 2.45) is 17.2 Å². The molecule has 29 heavy (non-hydrogen) atoms. The zero-order chi connectivity index (χ0) is 21.6. The third-order valence-electron chi connectivity index (χ3n) is 4.98. The van der Waals surface area contributed by atoms with Gasteiger partial charge in [0.25, 0.3) is 0 Å². The number of allylic oxidation sites excluding steroid dienone is 1. The lowest BCUT2D eigenvalue weighted by molar-refractivity contribution is 0.0987. The normalized spacial score (nSPS) is 11.5. The molecule has 7 N–H and O–H groups in total. The Kier molecular flexibility index (Phi) is 11.4. The zero-order valence-electron chi connectivity index (χ0n) is 17.3. The van der Waals surface area contributed by atoms with Gasteiger partial charge in [-0.05, 0) is 49.6 Å². The van der Waals surface area contributed by atoms with Crippen molar-refractivity contribution in [1.82, 2.24) is 5.32 Å². The first kappa shape index (κ1) is 24.4. The summed E-state index contributed by atoms with van der Waals surface area (Å²) in [7, 11) is 0. The topological polar surface area (TPSA) is 141 Å². The number of carbonyl (C=O) groups is 2. The summed E-state index contributed by atoms with van der Waals surface area (Å²) < 4.78 is 0. The van der Waals surface area contributed by atoms with Crippen molar-refractivity contribution >= 4 is 17.8 Å². The van der Waals surface area contributed by atoms with E-state index in [-0.39, 0.29) is 11.1 Å². The maximum absolute atomic E-state index is 12.0. The number of primary amides is 2. The van der Waals surface area contributed by atoms with Gasteiger partial charge in [0, 0.05) is 23.6 Å². The summed E-state index contributed by atoms with van der Waals surface area (Å²) in [6, 6.07) is 4.50. The predicted molar refractivity (Wildman–Crippen MR) is 115 cm³/mol. The van der Waals surface area contributed by atoms with Gasteiger partial charge in [-0.2, -0.15) is 0 Å². The number of hydrogen-bond donors (Lipinski definition) is 4. The first-order valence-electron chi connectivity index (χ1n) is 10.4. The summed E-state index contributed by atoms with van der Waals surface area (Å²) in [4.78, 5) is 35.4. The predicted octanol–water partition coefficient (Wildman–Crippen LogP) is 2.37. The molecule has 1 aromatic carbocycles. The number of hydrogen-bond acceptors (Lipinski definition) is 5. The van der Waals surface area contributed by atoms with E-state index < -0.39 is 17.7 Å². The van der Waals surface area contributed by atoms with Gasteiger partial charge in [-0.25, -0.2) is 4.79 Å². The third-order valence-corrected chi connectivity index (χ3v) is 4.98. The zero-order valence-corrected chi connectivity index (χ0v) is 17.3. The fourth-order valence-electron chi connectivity index (χ4n) is 3.36. The van der Waals surface area contributed by atoms with Gasteiger partial charge in [0.1, 0.15) is 11.6 Å². The first-order valence-corrected chi connectivity index (χ1v) is 10.4. The number of carbonyl (C=O) groups excluding carboxylic acids is 3. The average Bonchev–Trinajstić information content (AvgIpc) is 2.71. The van der Waals surface area contributed by atoms with Crippen LogP contribution in [0.3, 0.4) is 0 Å². The molecule has 0 aliphatic carbocycles. The minimum absolute atomic E-state index is 0.263. The van der Waals surface area contributed by atoms with Crippen LogP contribution >= 0.6 is 0 Å². The van der Waals surface area contributed by atoms with Gasteiger partial charge in [-0.1, -0.05) is 39.0 Å². The van der Waals surface area contributed by atoms with E-state index in [0.29, 0.717) is 30.8 Å². The molecule has 0 heterocycles. The van der Waals surface area contributed by atoms with Crippen molar-refractivity contribution in [1.29, 1.82) is 0 Å². The van der Waals surface area contributed by atoms with E-state index in [2.05, 4.69) is 12.2 Å². The van der Waals surface area contributed by atoms with E-state index in [1.807, 2.05) is 5.94 Å². The lowest BCUT2D eigenvalue weighted by Crippen LogP contribution is -2.25. The molecule has 0 saturated carbocycles. The largest absolute Gasteiger partial charge is 0.379 e. The summed E-state index contributed by atoms with van der Waals surface area (Å²) in [6.07, 6.45) is 7.64. The smallest absolute Gasteiger partial charge is 0.249 e. The standard InChI is InChI=1S/C22H34N4O3/c1-2-3-4-5-8-13-26-20(15-27)17(9-6-7-12-23)19-14-16(21(24)28)10-11-18(19)22(25)29/h10-11,14,17,26H,2-9,12-13,23H2,1H3,(H2,24,28)(H2,25,29). The molecule has 7 heteroatoms. The van der Waals surface area contributed by atoms with Gasteiger partial charge in [-0.3, -0.25) is 9.59 Å². The summed E-state index contributed by atoms with van der Waals surface area (Å²) in [5, 5.41) is 3.18. The van der Waals surface area contributed by atoms with Gasteiger partial charge >= 0.3 is 0 Å². The van der Waals surface area contributed by atoms with E-state index in [9.17, 15) is 14.4 Å². The highest BCUT2D eigenvalue weighted by Gasteiger charge is 2.24. The first-order chi connectivity index (χ1) is 14.0. The highest BCUT2D eigenvalue weighted by Crippen LogP contribution is 2.31. The molecule has 2 amide bonds. The molecular formula is C22H34N4O3. The van der Waals surface area contributed by atoms with Crippen molar-refractivity contribution in [3.8, 4) is 0 Å². The molecule has 1 rings (SSSR count). The summed E-state index contributed by atoms with van der Waals surface area (Å²) in [5.74, 6) is 0.338. The third kappa shape index (κ3) is 8.10. The van der Waals surface area contributed by atoms with Gasteiger partial charge in [-0.15, -0.1) is 0 Å². The van der Waals surface area contributed by atoms with Gasteiger partial charge in [0.15, 0.2) is 0 Å². The molecule has 0 fully saturated rings. The second kappa shape index (κ2) is 13.5. The summed E-state index contributed by atoms with van der Waals surface area (Å²) >= 11 is 0. The quantitative estimate of drug-likeness (QED) is 0.263. The van der Waals surface area contributed by atoms with Crippen LogP contribution in [0, 0.1) is 0 Å². The van der Waals surface area contributed by atoms with Crippen molar-refractivity contribution in [2.45, 2.75) is 64.2 Å². The van der Waals surface area contributed by atoms with Gasteiger partial charge < -0.3 is 22.5 Å².